The zero-order chi connectivity index (χ0) is 20.5. The summed E-state index contributed by atoms with van der Waals surface area (Å²) in [5, 5.41) is 4.66. The first-order valence-corrected chi connectivity index (χ1v) is 9.58. The van der Waals surface area contributed by atoms with Gasteiger partial charge in [-0.1, -0.05) is 30.3 Å². The predicted octanol–water partition coefficient (Wildman–Crippen LogP) is 2.98. The van der Waals surface area contributed by atoms with Crippen molar-refractivity contribution in [1.29, 1.82) is 0 Å². The molecule has 2 aromatic rings. The van der Waals surface area contributed by atoms with Crippen molar-refractivity contribution >= 4 is 35.0 Å². The number of imide groups is 1. The van der Waals surface area contributed by atoms with E-state index in [2.05, 4.69) is 10.6 Å². The van der Waals surface area contributed by atoms with Gasteiger partial charge < -0.3 is 10.1 Å². The molecule has 28 heavy (non-hydrogen) atoms. The van der Waals surface area contributed by atoms with Gasteiger partial charge in [-0.15, -0.1) is 11.3 Å². The van der Waals surface area contributed by atoms with Gasteiger partial charge in [-0.2, -0.15) is 0 Å². The van der Waals surface area contributed by atoms with E-state index in [9.17, 15) is 19.2 Å². The summed E-state index contributed by atoms with van der Waals surface area (Å²) in [5.41, 5.74) is 0.884. The quantitative estimate of drug-likeness (QED) is 0.522. The second kappa shape index (κ2) is 10.4. The summed E-state index contributed by atoms with van der Waals surface area (Å²) in [6.07, 6.45) is -1.27. The van der Waals surface area contributed by atoms with E-state index in [0.717, 1.165) is 10.4 Å². The molecule has 0 aliphatic heterocycles. The average Bonchev–Trinajstić information content (AvgIpc) is 3.11. The van der Waals surface area contributed by atoms with Crippen LogP contribution in [0.2, 0.25) is 0 Å². The van der Waals surface area contributed by atoms with Gasteiger partial charge in [0.15, 0.2) is 11.9 Å². The summed E-state index contributed by atoms with van der Waals surface area (Å²) in [6, 6.07) is 12.1. The Hall–Kier alpha value is -3.00. The SMILES string of the molecule is Cc1ccc(C(=O)CCC(=O)O[C@H](C)C(=O)NC(=O)NCc2ccccc2)s1. The molecular formula is C20H22N2O5S. The molecule has 148 valence electrons. The van der Waals surface area contributed by atoms with Gasteiger partial charge in [-0.25, -0.2) is 4.79 Å². The molecule has 1 aromatic carbocycles. The lowest BCUT2D eigenvalue weighted by atomic mass is 10.2. The van der Waals surface area contributed by atoms with E-state index in [1.165, 1.54) is 18.3 Å². The van der Waals surface area contributed by atoms with Crippen molar-refractivity contribution in [2.45, 2.75) is 39.3 Å². The summed E-state index contributed by atoms with van der Waals surface area (Å²) < 4.78 is 4.99. The van der Waals surface area contributed by atoms with Gasteiger partial charge in [0, 0.05) is 17.8 Å². The molecular weight excluding hydrogens is 380 g/mol. The lowest BCUT2D eigenvalue weighted by molar-refractivity contribution is -0.154. The monoisotopic (exact) mass is 402 g/mol. The molecule has 8 heteroatoms. The van der Waals surface area contributed by atoms with Crippen molar-refractivity contribution in [2.75, 3.05) is 0 Å². The fraction of sp³-hybridized carbons (Fsp3) is 0.300. The standard InChI is InChI=1S/C20H22N2O5S/c1-13-8-10-17(28-13)16(23)9-11-18(24)27-14(2)19(25)22-20(26)21-12-15-6-4-3-5-7-15/h3-8,10,14H,9,11-12H2,1-2H3,(H2,21,22,25,26)/t14-/m1/s1. The number of amides is 3. The van der Waals surface area contributed by atoms with Crippen molar-refractivity contribution in [3.63, 3.8) is 0 Å². The number of thiophene rings is 1. The Kier molecular flexibility index (Phi) is 7.88. The number of carbonyl (C=O) groups excluding carboxylic acids is 4. The summed E-state index contributed by atoms with van der Waals surface area (Å²) in [5.74, 6) is -1.56. The number of carbonyl (C=O) groups is 4. The van der Waals surface area contributed by atoms with E-state index in [1.54, 1.807) is 6.07 Å². The molecule has 0 aliphatic rings. The summed E-state index contributed by atoms with van der Waals surface area (Å²) in [4.78, 5) is 49.1. The third-order valence-electron chi connectivity index (χ3n) is 3.78. The number of rotatable bonds is 8. The largest absolute Gasteiger partial charge is 0.453 e. The zero-order valence-electron chi connectivity index (χ0n) is 15.7. The molecule has 1 heterocycles. The number of benzene rings is 1. The fourth-order valence-electron chi connectivity index (χ4n) is 2.27. The molecule has 1 aromatic heterocycles. The van der Waals surface area contributed by atoms with Gasteiger partial charge in [0.05, 0.1) is 11.3 Å². The van der Waals surface area contributed by atoms with Gasteiger partial charge in [-0.3, -0.25) is 19.7 Å². The van der Waals surface area contributed by atoms with Crippen molar-refractivity contribution in [2.24, 2.45) is 0 Å². The minimum atomic E-state index is -1.14. The molecule has 0 fully saturated rings. The van der Waals surface area contributed by atoms with Crippen LogP contribution in [0.1, 0.15) is 39.9 Å². The van der Waals surface area contributed by atoms with Crippen LogP contribution in [0.15, 0.2) is 42.5 Å². The molecule has 3 amide bonds. The van der Waals surface area contributed by atoms with E-state index in [1.807, 2.05) is 43.3 Å². The third-order valence-corrected chi connectivity index (χ3v) is 4.82. The lowest BCUT2D eigenvalue weighted by Crippen LogP contribution is -2.44. The maximum atomic E-state index is 12.0. The van der Waals surface area contributed by atoms with E-state index in [4.69, 9.17) is 4.74 Å². The molecule has 2 N–H and O–H groups in total. The Morgan fingerprint density at radius 1 is 1.04 bits per heavy atom. The minimum absolute atomic E-state index is 0.00465. The number of hydrogen-bond donors (Lipinski definition) is 2. The minimum Gasteiger partial charge on any atom is -0.453 e. The second-order valence-electron chi connectivity index (χ2n) is 6.12. The molecule has 0 spiro atoms. The number of aryl methyl sites for hydroxylation is 1. The highest BCUT2D eigenvalue weighted by Gasteiger charge is 2.20. The molecule has 2 rings (SSSR count). The Morgan fingerprint density at radius 3 is 2.39 bits per heavy atom. The molecule has 0 unspecified atom stereocenters. The van der Waals surface area contributed by atoms with Crippen LogP contribution < -0.4 is 10.6 Å². The fourth-order valence-corrected chi connectivity index (χ4v) is 3.10. The first-order valence-electron chi connectivity index (χ1n) is 8.77. The van der Waals surface area contributed by atoms with Crippen LogP contribution in [0.25, 0.3) is 0 Å². The van der Waals surface area contributed by atoms with Crippen LogP contribution in [-0.4, -0.2) is 29.8 Å². The highest BCUT2D eigenvalue weighted by atomic mass is 32.1. The van der Waals surface area contributed by atoms with Crippen LogP contribution in [0.3, 0.4) is 0 Å². The summed E-state index contributed by atoms with van der Waals surface area (Å²) >= 11 is 1.37. The number of nitrogens with one attached hydrogen (secondary N) is 2. The van der Waals surface area contributed by atoms with Crippen molar-refractivity contribution in [1.82, 2.24) is 10.6 Å². The van der Waals surface area contributed by atoms with Crippen LogP contribution in [0.4, 0.5) is 4.79 Å². The first-order chi connectivity index (χ1) is 13.3. The van der Waals surface area contributed by atoms with Crippen LogP contribution >= 0.6 is 11.3 Å². The van der Waals surface area contributed by atoms with Gasteiger partial charge in [0.2, 0.25) is 0 Å². The van der Waals surface area contributed by atoms with E-state index >= 15 is 0 Å². The molecule has 0 saturated heterocycles. The zero-order valence-corrected chi connectivity index (χ0v) is 16.5. The highest BCUT2D eigenvalue weighted by molar-refractivity contribution is 7.14. The number of ketones is 1. The predicted molar refractivity (Wildman–Crippen MR) is 105 cm³/mol. The number of urea groups is 1. The van der Waals surface area contributed by atoms with Gasteiger partial charge in [-0.05, 0) is 31.5 Å². The summed E-state index contributed by atoms with van der Waals surface area (Å²) in [6.45, 7) is 3.52. The first kappa shape index (κ1) is 21.3. The van der Waals surface area contributed by atoms with Crippen molar-refractivity contribution in [3.8, 4) is 0 Å². The lowest BCUT2D eigenvalue weighted by Gasteiger charge is -2.13. The molecule has 1 atom stereocenters. The molecule has 0 aliphatic carbocycles. The third kappa shape index (κ3) is 6.96. The van der Waals surface area contributed by atoms with Crippen LogP contribution in [-0.2, 0) is 20.9 Å². The highest BCUT2D eigenvalue weighted by Crippen LogP contribution is 2.17. The number of Topliss-reactive ketones (excluding diaryl/α,β-unsaturated/α-hetero) is 1. The Balaban J connectivity index is 1.69. The summed E-state index contributed by atoms with van der Waals surface area (Å²) in [7, 11) is 0. The maximum Gasteiger partial charge on any atom is 0.321 e. The molecule has 7 nitrogen and oxygen atoms in total. The van der Waals surface area contributed by atoms with Crippen LogP contribution in [0, 0.1) is 6.92 Å². The van der Waals surface area contributed by atoms with Crippen molar-refractivity contribution < 1.29 is 23.9 Å². The Labute approximate surface area is 167 Å². The van der Waals surface area contributed by atoms with Gasteiger partial charge in [0.25, 0.3) is 5.91 Å². The number of esters is 1. The maximum absolute atomic E-state index is 12.0. The van der Waals surface area contributed by atoms with Gasteiger partial charge in [0.1, 0.15) is 0 Å². The topological polar surface area (TPSA) is 102 Å². The Morgan fingerprint density at radius 2 is 1.75 bits per heavy atom. The average molecular weight is 402 g/mol. The number of hydrogen-bond acceptors (Lipinski definition) is 6. The Bertz CT molecular complexity index is 847. The van der Waals surface area contributed by atoms with E-state index in [0.29, 0.717) is 4.88 Å². The molecule has 0 saturated carbocycles. The normalized spacial score (nSPS) is 11.4. The van der Waals surface area contributed by atoms with Crippen LogP contribution in [0.5, 0.6) is 0 Å². The number of ether oxygens (including phenoxy) is 1. The van der Waals surface area contributed by atoms with Crippen molar-refractivity contribution in [3.05, 3.63) is 57.8 Å². The smallest absolute Gasteiger partial charge is 0.321 e. The second-order valence-corrected chi connectivity index (χ2v) is 7.41. The molecule has 0 bridgehead atoms. The van der Waals surface area contributed by atoms with E-state index < -0.39 is 24.0 Å². The van der Waals surface area contributed by atoms with Gasteiger partial charge >= 0.3 is 12.0 Å². The van der Waals surface area contributed by atoms with E-state index in [-0.39, 0.29) is 25.2 Å². The molecule has 0 radical (unpaired) electrons.